The number of ether oxygens (including phenoxy) is 1. The van der Waals surface area contributed by atoms with E-state index in [4.69, 9.17) is 16.3 Å². The zero-order valence-electron chi connectivity index (χ0n) is 9.17. The van der Waals surface area contributed by atoms with Gasteiger partial charge in [-0.2, -0.15) is 0 Å². The Kier molecular flexibility index (Phi) is 3.97. The molecule has 0 bridgehead atoms. The molecule has 0 saturated carbocycles. The average molecular weight is 230 g/mol. The minimum absolute atomic E-state index is 0.468. The van der Waals surface area contributed by atoms with Crippen molar-refractivity contribution in [2.45, 2.75) is 12.5 Å². The molecule has 0 aliphatic heterocycles. The lowest BCUT2D eigenvalue weighted by molar-refractivity contribution is 0.0591. The van der Waals surface area contributed by atoms with Crippen molar-refractivity contribution in [2.75, 3.05) is 20.7 Å². The Morgan fingerprint density at radius 2 is 2.20 bits per heavy atom. The van der Waals surface area contributed by atoms with Crippen LogP contribution < -0.4 is 10.1 Å². The van der Waals surface area contributed by atoms with Gasteiger partial charge in [0.15, 0.2) is 0 Å². The van der Waals surface area contributed by atoms with Gasteiger partial charge in [-0.25, -0.2) is 0 Å². The summed E-state index contributed by atoms with van der Waals surface area (Å²) >= 11 is 5.98. The first-order chi connectivity index (χ1) is 7.01. The second-order valence-corrected chi connectivity index (χ2v) is 4.06. The quantitative estimate of drug-likeness (QED) is 0.827. The Hall–Kier alpha value is -0.770. The summed E-state index contributed by atoms with van der Waals surface area (Å²) in [6.07, 6.45) is 0. The molecule has 0 amide bonds. The molecular formula is C11H16ClNO2. The fraction of sp³-hybridized carbons (Fsp3) is 0.455. The monoisotopic (exact) mass is 229 g/mol. The molecule has 1 rings (SSSR count). The van der Waals surface area contributed by atoms with Crippen molar-refractivity contribution in [3.8, 4) is 5.75 Å². The molecule has 0 radical (unpaired) electrons. The minimum atomic E-state index is -0.926. The maximum Gasteiger partial charge on any atom is 0.137 e. The van der Waals surface area contributed by atoms with Gasteiger partial charge in [0.05, 0.1) is 17.7 Å². The van der Waals surface area contributed by atoms with Gasteiger partial charge in [0.1, 0.15) is 5.75 Å². The molecule has 2 N–H and O–H groups in total. The first-order valence-electron chi connectivity index (χ1n) is 4.72. The first-order valence-corrected chi connectivity index (χ1v) is 5.10. The van der Waals surface area contributed by atoms with Gasteiger partial charge >= 0.3 is 0 Å². The van der Waals surface area contributed by atoms with Gasteiger partial charge in [-0.1, -0.05) is 17.7 Å². The fourth-order valence-electron chi connectivity index (χ4n) is 1.45. The lowest BCUT2D eigenvalue weighted by Crippen LogP contribution is -2.33. The number of hydrogen-bond acceptors (Lipinski definition) is 3. The summed E-state index contributed by atoms with van der Waals surface area (Å²) in [4.78, 5) is 0. The lowest BCUT2D eigenvalue weighted by atomic mass is 9.96. The van der Waals surface area contributed by atoms with Crippen molar-refractivity contribution < 1.29 is 9.84 Å². The summed E-state index contributed by atoms with van der Waals surface area (Å²) in [5.74, 6) is 0.612. The molecule has 0 aliphatic carbocycles. The Morgan fingerprint density at radius 1 is 1.53 bits per heavy atom. The van der Waals surface area contributed by atoms with Crippen LogP contribution in [0.1, 0.15) is 12.5 Å². The van der Waals surface area contributed by atoms with E-state index in [1.165, 1.54) is 0 Å². The van der Waals surface area contributed by atoms with Gasteiger partial charge in [-0.3, -0.25) is 0 Å². The van der Waals surface area contributed by atoms with Crippen molar-refractivity contribution in [1.82, 2.24) is 5.32 Å². The summed E-state index contributed by atoms with van der Waals surface area (Å²) in [6.45, 7) is 2.21. The molecule has 0 spiro atoms. The molecule has 3 nitrogen and oxygen atoms in total. The zero-order valence-corrected chi connectivity index (χ0v) is 9.93. The van der Waals surface area contributed by atoms with Gasteiger partial charge in [-0.15, -0.1) is 0 Å². The third-order valence-corrected chi connectivity index (χ3v) is 2.59. The highest BCUT2D eigenvalue weighted by molar-refractivity contribution is 6.32. The average Bonchev–Trinajstić information content (AvgIpc) is 2.17. The van der Waals surface area contributed by atoms with E-state index in [0.29, 0.717) is 17.3 Å². The SMILES string of the molecule is CNCC(C)(O)c1ccc(OC)c(Cl)c1. The molecule has 1 aromatic carbocycles. The van der Waals surface area contributed by atoms with E-state index in [9.17, 15) is 5.11 Å². The van der Waals surface area contributed by atoms with E-state index in [2.05, 4.69) is 5.32 Å². The molecule has 1 aromatic rings. The molecule has 1 unspecified atom stereocenters. The van der Waals surface area contributed by atoms with Gasteiger partial charge in [0.25, 0.3) is 0 Å². The maximum absolute atomic E-state index is 10.1. The van der Waals surface area contributed by atoms with Crippen LogP contribution in [0.5, 0.6) is 5.75 Å². The standard InChI is InChI=1S/C11H16ClNO2/c1-11(14,7-13-2)8-4-5-10(15-3)9(12)6-8/h4-6,13-14H,7H2,1-3H3. The van der Waals surface area contributed by atoms with Crippen molar-refractivity contribution >= 4 is 11.6 Å². The van der Waals surface area contributed by atoms with Gasteiger partial charge in [-0.05, 0) is 31.7 Å². The smallest absolute Gasteiger partial charge is 0.137 e. The third-order valence-electron chi connectivity index (χ3n) is 2.29. The van der Waals surface area contributed by atoms with E-state index in [-0.39, 0.29) is 0 Å². The largest absolute Gasteiger partial charge is 0.495 e. The third kappa shape index (κ3) is 2.84. The maximum atomic E-state index is 10.1. The summed E-state index contributed by atoms with van der Waals surface area (Å²) in [7, 11) is 3.35. The highest BCUT2D eigenvalue weighted by Crippen LogP contribution is 2.29. The summed E-state index contributed by atoms with van der Waals surface area (Å²) in [6, 6.07) is 5.28. The van der Waals surface area contributed by atoms with Crippen molar-refractivity contribution in [1.29, 1.82) is 0 Å². The molecule has 0 fully saturated rings. The van der Waals surface area contributed by atoms with Crippen LogP contribution in [0.2, 0.25) is 5.02 Å². The highest BCUT2D eigenvalue weighted by atomic mass is 35.5. The van der Waals surface area contributed by atoms with Crippen molar-refractivity contribution in [2.24, 2.45) is 0 Å². The van der Waals surface area contributed by atoms with Crippen LogP contribution in [0.3, 0.4) is 0 Å². The number of nitrogens with one attached hydrogen (secondary N) is 1. The van der Waals surface area contributed by atoms with E-state index in [1.54, 1.807) is 33.2 Å². The highest BCUT2D eigenvalue weighted by Gasteiger charge is 2.22. The molecule has 0 aromatic heterocycles. The summed E-state index contributed by atoms with van der Waals surface area (Å²) in [5.41, 5.74) is -0.160. The lowest BCUT2D eigenvalue weighted by Gasteiger charge is -2.24. The summed E-state index contributed by atoms with van der Waals surface area (Å²) < 4.78 is 5.04. The molecule has 4 heteroatoms. The predicted octanol–water partition coefficient (Wildman–Crippen LogP) is 1.78. The molecule has 0 aliphatic rings. The number of aliphatic hydroxyl groups is 1. The van der Waals surface area contributed by atoms with Crippen molar-refractivity contribution in [3.05, 3.63) is 28.8 Å². The molecular weight excluding hydrogens is 214 g/mol. The van der Waals surface area contributed by atoms with Crippen LogP contribution in [0.25, 0.3) is 0 Å². The van der Waals surface area contributed by atoms with Crippen LogP contribution in [0.4, 0.5) is 0 Å². The van der Waals surface area contributed by atoms with Gasteiger partial charge < -0.3 is 15.2 Å². The Balaban J connectivity index is 3.01. The number of methoxy groups -OCH3 is 1. The number of likely N-dealkylation sites (N-methyl/N-ethyl adjacent to an activating group) is 1. The van der Waals surface area contributed by atoms with Crippen LogP contribution in [-0.4, -0.2) is 25.8 Å². The van der Waals surface area contributed by atoms with E-state index >= 15 is 0 Å². The van der Waals surface area contributed by atoms with Crippen LogP contribution in [-0.2, 0) is 5.60 Å². The molecule has 84 valence electrons. The second kappa shape index (κ2) is 4.84. The molecule has 0 heterocycles. The van der Waals surface area contributed by atoms with Crippen molar-refractivity contribution in [3.63, 3.8) is 0 Å². The van der Waals surface area contributed by atoms with E-state index < -0.39 is 5.60 Å². The number of halogens is 1. The Bertz CT molecular complexity index is 339. The molecule has 0 saturated heterocycles. The van der Waals surface area contributed by atoms with E-state index in [0.717, 1.165) is 5.56 Å². The second-order valence-electron chi connectivity index (χ2n) is 3.65. The minimum Gasteiger partial charge on any atom is -0.495 e. The Labute approximate surface area is 95.0 Å². The summed E-state index contributed by atoms with van der Waals surface area (Å²) in [5, 5.41) is 13.5. The van der Waals surface area contributed by atoms with Crippen LogP contribution in [0, 0.1) is 0 Å². The van der Waals surface area contributed by atoms with Crippen LogP contribution >= 0.6 is 11.6 Å². The number of benzene rings is 1. The normalized spacial score (nSPS) is 14.7. The molecule has 1 atom stereocenters. The fourth-order valence-corrected chi connectivity index (χ4v) is 1.71. The van der Waals surface area contributed by atoms with Gasteiger partial charge in [0, 0.05) is 6.54 Å². The topological polar surface area (TPSA) is 41.5 Å². The number of hydrogen-bond donors (Lipinski definition) is 2. The van der Waals surface area contributed by atoms with Gasteiger partial charge in [0.2, 0.25) is 0 Å². The molecule has 15 heavy (non-hydrogen) atoms. The Morgan fingerprint density at radius 3 is 2.67 bits per heavy atom. The first kappa shape index (κ1) is 12.3. The van der Waals surface area contributed by atoms with Crippen LogP contribution in [0.15, 0.2) is 18.2 Å². The zero-order chi connectivity index (χ0) is 11.5. The number of rotatable bonds is 4. The predicted molar refractivity (Wildman–Crippen MR) is 61.5 cm³/mol. The van der Waals surface area contributed by atoms with E-state index in [1.807, 2.05) is 6.07 Å².